The van der Waals surface area contributed by atoms with Gasteiger partial charge in [0.1, 0.15) is 0 Å². The van der Waals surface area contributed by atoms with Gasteiger partial charge in [-0.05, 0) is 50.4 Å². The van der Waals surface area contributed by atoms with Gasteiger partial charge in [-0.3, -0.25) is 4.68 Å². The topological polar surface area (TPSA) is 29.9 Å². The molecule has 0 aromatic carbocycles. The number of rotatable bonds is 4. The Labute approximate surface area is 129 Å². The lowest BCUT2D eigenvalue weighted by Gasteiger charge is -2.35. The highest BCUT2D eigenvalue weighted by Gasteiger charge is 2.28. The Morgan fingerprint density at radius 3 is 2.95 bits per heavy atom. The highest BCUT2D eigenvalue weighted by atomic mass is 15.3. The summed E-state index contributed by atoms with van der Waals surface area (Å²) in [6, 6.07) is 1.27. The molecule has 2 aliphatic rings. The quantitative estimate of drug-likeness (QED) is 0.908. The summed E-state index contributed by atoms with van der Waals surface area (Å²) in [5.74, 6) is 1.78. The van der Waals surface area contributed by atoms with Crippen LogP contribution in [0.15, 0.2) is 6.20 Å². The Morgan fingerprint density at radius 1 is 1.29 bits per heavy atom. The lowest BCUT2D eigenvalue weighted by molar-refractivity contribution is 0.234. The summed E-state index contributed by atoms with van der Waals surface area (Å²) in [4.78, 5) is 0. The van der Waals surface area contributed by atoms with Crippen molar-refractivity contribution in [2.24, 2.45) is 18.9 Å². The van der Waals surface area contributed by atoms with Crippen LogP contribution in [0.5, 0.6) is 0 Å². The van der Waals surface area contributed by atoms with E-state index in [2.05, 4.69) is 42.2 Å². The number of nitrogens with zero attached hydrogens (tertiary/aromatic N) is 2. The summed E-state index contributed by atoms with van der Waals surface area (Å²) < 4.78 is 2.08. The minimum atomic E-state index is 0.547. The molecule has 3 rings (SSSR count). The zero-order valence-corrected chi connectivity index (χ0v) is 13.9. The molecule has 1 N–H and O–H groups in total. The molecule has 0 amide bonds. The number of aryl methyl sites for hydroxylation is 1. The van der Waals surface area contributed by atoms with Crippen molar-refractivity contribution in [1.82, 2.24) is 15.1 Å². The molecule has 3 nitrogen and oxygen atoms in total. The largest absolute Gasteiger partial charge is 0.307 e. The third-order valence-electron chi connectivity index (χ3n) is 5.40. The molecule has 3 heteroatoms. The summed E-state index contributed by atoms with van der Waals surface area (Å²) in [7, 11) is 2.08. The van der Waals surface area contributed by atoms with Crippen molar-refractivity contribution in [3.63, 3.8) is 0 Å². The van der Waals surface area contributed by atoms with E-state index in [1.165, 1.54) is 62.6 Å². The SMILES string of the molecule is CC(C)CC1CCCC(NC2CCCc3c2cnn3C)C1. The number of hydrogen-bond donors (Lipinski definition) is 1. The molecule has 0 bridgehead atoms. The monoisotopic (exact) mass is 289 g/mol. The van der Waals surface area contributed by atoms with Crippen molar-refractivity contribution < 1.29 is 0 Å². The van der Waals surface area contributed by atoms with Crippen molar-refractivity contribution >= 4 is 0 Å². The van der Waals surface area contributed by atoms with E-state index in [0.29, 0.717) is 6.04 Å². The van der Waals surface area contributed by atoms with Gasteiger partial charge in [0.2, 0.25) is 0 Å². The van der Waals surface area contributed by atoms with E-state index in [1.54, 1.807) is 0 Å². The van der Waals surface area contributed by atoms with Crippen molar-refractivity contribution in [3.8, 4) is 0 Å². The molecular weight excluding hydrogens is 258 g/mol. The molecule has 1 heterocycles. The maximum Gasteiger partial charge on any atom is 0.0540 e. The van der Waals surface area contributed by atoms with Gasteiger partial charge in [0, 0.05) is 30.4 Å². The lowest BCUT2D eigenvalue weighted by Crippen LogP contribution is -2.38. The third-order valence-corrected chi connectivity index (χ3v) is 5.40. The van der Waals surface area contributed by atoms with Crippen LogP contribution >= 0.6 is 0 Å². The molecular formula is C18H31N3. The van der Waals surface area contributed by atoms with Crippen LogP contribution in [0.1, 0.15) is 76.1 Å². The maximum absolute atomic E-state index is 4.47. The fourth-order valence-electron chi connectivity index (χ4n) is 4.49. The Morgan fingerprint density at radius 2 is 2.14 bits per heavy atom. The molecule has 3 unspecified atom stereocenters. The molecule has 0 spiro atoms. The van der Waals surface area contributed by atoms with Gasteiger partial charge in [0.15, 0.2) is 0 Å². The van der Waals surface area contributed by atoms with Gasteiger partial charge in [-0.2, -0.15) is 5.10 Å². The van der Waals surface area contributed by atoms with E-state index in [-0.39, 0.29) is 0 Å². The molecule has 1 saturated carbocycles. The summed E-state index contributed by atoms with van der Waals surface area (Å²) in [6.07, 6.45) is 12.9. The third kappa shape index (κ3) is 3.50. The minimum Gasteiger partial charge on any atom is -0.307 e. The molecule has 1 fully saturated rings. The van der Waals surface area contributed by atoms with Crippen LogP contribution in [0.2, 0.25) is 0 Å². The fourth-order valence-corrected chi connectivity index (χ4v) is 4.49. The van der Waals surface area contributed by atoms with Crippen LogP contribution in [0.4, 0.5) is 0 Å². The van der Waals surface area contributed by atoms with Crippen LogP contribution in [0, 0.1) is 11.8 Å². The zero-order valence-electron chi connectivity index (χ0n) is 13.9. The molecule has 118 valence electrons. The average Bonchev–Trinajstić information content (AvgIpc) is 2.82. The van der Waals surface area contributed by atoms with Crippen molar-refractivity contribution in [2.75, 3.05) is 0 Å². The lowest BCUT2D eigenvalue weighted by atomic mass is 9.80. The van der Waals surface area contributed by atoms with Crippen LogP contribution in [0.25, 0.3) is 0 Å². The molecule has 2 aliphatic carbocycles. The Balaban J connectivity index is 1.62. The molecule has 1 aromatic rings. The summed E-state index contributed by atoms with van der Waals surface area (Å²) in [5, 5.41) is 8.45. The van der Waals surface area contributed by atoms with E-state index in [9.17, 15) is 0 Å². The maximum atomic E-state index is 4.47. The van der Waals surface area contributed by atoms with E-state index in [1.807, 2.05) is 0 Å². The van der Waals surface area contributed by atoms with Gasteiger partial charge in [-0.25, -0.2) is 0 Å². The van der Waals surface area contributed by atoms with Gasteiger partial charge in [0.05, 0.1) is 6.20 Å². The van der Waals surface area contributed by atoms with Crippen molar-refractivity contribution in [3.05, 3.63) is 17.5 Å². The normalized spacial score (nSPS) is 29.6. The Kier molecular flexibility index (Phi) is 4.68. The van der Waals surface area contributed by atoms with E-state index in [4.69, 9.17) is 0 Å². The van der Waals surface area contributed by atoms with Crippen LogP contribution in [-0.2, 0) is 13.5 Å². The van der Waals surface area contributed by atoms with Crippen LogP contribution in [0.3, 0.4) is 0 Å². The minimum absolute atomic E-state index is 0.547. The molecule has 1 aromatic heterocycles. The Hall–Kier alpha value is -0.830. The standard InChI is InChI=1S/C18H31N3/c1-13(2)10-14-6-4-7-15(11-14)20-17-8-5-9-18-16(17)12-19-21(18)3/h12-15,17,20H,4-11H2,1-3H3. The summed E-state index contributed by atoms with van der Waals surface area (Å²) >= 11 is 0. The molecule has 0 saturated heterocycles. The first-order valence-corrected chi connectivity index (χ1v) is 8.90. The number of fused-ring (bicyclic) bond motifs is 1. The summed E-state index contributed by atoms with van der Waals surface area (Å²) in [5.41, 5.74) is 2.92. The van der Waals surface area contributed by atoms with Gasteiger partial charge in [0.25, 0.3) is 0 Å². The fraction of sp³-hybridized carbons (Fsp3) is 0.833. The van der Waals surface area contributed by atoms with Gasteiger partial charge in [-0.1, -0.05) is 26.7 Å². The second kappa shape index (κ2) is 6.51. The average molecular weight is 289 g/mol. The van der Waals surface area contributed by atoms with Crippen molar-refractivity contribution in [1.29, 1.82) is 0 Å². The number of nitrogens with one attached hydrogen (secondary N) is 1. The van der Waals surface area contributed by atoms with Crippen LogP contribution in [-0.4, -0.2) is 15.8 Å². The molecule has 21 heavy (non-hydrogen) atoms. The van der Waals surface area contributed by atoms with Crippen molar-refractivity contribution in [2.45, 2.75) is 77.3 Å². The smallest absolute Gasteiger partial charge is 0.0540 e. The zero-order chi connectivity index (χ0) is 14.8. The van der Waals surface area contributed by atoms with Gasteiger partial charge >= 0.3 is 0 Å². The van der Waals surface area contributed by atoms with Gasteiger partial charge < -0.3 is 5.32 Å². The second-order valence-corrected chi connectivity index (χ2v) is 7.64. The molecule has 0 radical (unpaired) electrons. The molecule has 0 aliphatic heterocycles. The first-order valence-electron chi connectivity index (χ1n) is 8.90. The van der Waals surface area contributed by atoms with Crippen LogP contribution < -0.4 is 5.32 Å². The van der Waals surface area contributed by atoms with E-state index < -0.39 is 0 Å². The van der Waals surface area contributed by atoms with E-state index >= 15 is 0 Å². The second-order valence-electron chi connectivity index (χ2n) is 7.64. The highest BCUT2D eigenvalue weighted by molar-refractivity contribution is 5.24. The molecule has 3 atom stereocenters. The Bertz CT molecular complexity index is 463. The van der Waals surface area contributed by atoms with E-state index in [0.717, 1.165) is 17.9 Å². The number of aromatic nitrogens is 2. The predicted molar refractivity (Wildman–Crippen MR) is 87.2 cm³/mol. The first kappa shape index (κ1) is 15.1. The highest BCUT2D eigenvalue weighted by Crippen LogP contribution is 2.34. The predicted octanol–water partition coefficient (Wildman–Crippen LogP) is 3.99. The number of hydrogen-bond acceptors (Lipinski definition) is 2. The summed E-state index contributed by atoms with van der Waals surface area (Å²) in [6.45, 7) is 4.72. The first-order chi connectivity index (χ1) is 10.1. The van der Waals surface area contributed by atoms with Gasteiger partial charge in [-0.15, -0.1) is 0 Å².